The third-order valence-electron chi connectivity index (χ3n) is 6.52. The van der Waals surface area contributed by atoms with Crippen molar-refractivity contribution in [3.8, 4) is 11.5 Å². The van der Waals surface area contributed by atoms with Gasteiger partial charge in [-0.05, 0) is 54.7 Å². The van der Waals surface area contributed by atoms with E-state index in [0.717, 1.165) is 30.6 Å². The van der Waals surface area contributed by atoms with Crippen molar-refractivity contribution in [1.29, 1.82) is 5.53 Å². The van der Waals surface area contributed by atoms with Gasteiger partial charge in [0.05, 0.1) is 25.7 Å². The lowest BCUT2D eigenvalue weighted by Gasteiger charge is -2.29. The first-order chi connectivity index (χ1) is 15.8. The molecule has 0 saturated carbocycles. The van der Waals surface area contributed by atoms with Crippen LogP contribution >= 0.6 is 0 Å². The highest BCUT2D eigenvalue weighted by molar-refractivity contribution is 5.75. The Morgan fingerprint density at radius 1 is 1.18 bits per heavy atom. The zero-order chi connectivity index (χ0) is 24.4. The second-order valence-electron chi connectivity index (χ2n) is 9.53. The number of rotatable bonds is 15. The molecule has 4 atom stereocenters. The summed E-state index contributed by atoms with van der Waals surface area (Å²) in [6.45, 7) is 9.69. The first-order valence-corrected chi connectivity index (χ1v) is 11.9. The lowest BCUT2D eigenvalue weighted by molar-refractivity contribution is -0.146. The van der Waals surface area contributed by atoms with Crippen LogP contribution in [0.4, 0.5) is 0 Å². The maximum Gasteiger partial charge on any atom is 0.309 e. The third kappa shape index (κ3) is 7.88. The number of nitrogens with one attached hydrogen (secondary N) is 2. The number of esters is 1. The number of cyclic esters (lactones) is 1. The van der Waals surface area contributed by atoms with Crippen molar-refractivity contribution in [3.05, 3.63) is 23.8 Å². The number of carbonyl (C=O) groups excluding carboxylic acids is 1. The van der Waals surface area contributed by atoms with Crippen LogP contribution in [-0.4, -0.2) is 45.5 Å². The average Bonchev–Trinajstić information content (AvgIpc) is 3.17. The van der Waals surface area contributed by atoms with Gasteiger partial charge in [-0.25, -0.2) is 0 Å². The molecule has 1 aliphatic heterocycles. The second-order valence-corrected chi connectivity index (χ2v) is 9.53. The molecule has 0 bridgehead atoms. The van der Waals surface area contributed by atoms with E-state index in [4.69, 9.17) is 24.5 Å². The molecule has 1 heterocycles. The minimum Gasteiger partial charge on any atom is -0.493 e. The quantitative estimate of drug-likeness (QED) is 0.168. The summed E-state index contributed by atoms with van der Waals surface area (Å²) in [6.07, 6.45) is 2.78. The van der Waals surface area contributed by atoms with E-state index in [9.17, 15) is 4.79 Å². The molecule has 1 aromatic rings. The van der Waals surface area contributed by atoms with Crippen LogP contribution in [0.5, 0.6) is 11.5 Å². The molecular weight excluding hydrogens is 422 g/mol. The highest BCUT2D eigenvalue weighted by atomic mass is 16.6. The minimum atomic E-state index is -0.268. The van der Waals surface area contributed by atoms with Gasteiger partial charge < -0.3 is 18.9 Å². The Hall–Kier alpha value is -2.35. The van der Waals surface area contributed by atoms with E-state index >= 15 is 0 Å². The number of benzene rings is 1. The maximum atomic E-state index is 12.3. The lowest BCUT2D eigenvalue weighted by atomic mass is 9.81. The van der Waals surface area contributed by atoms with Crippen LogP contribution in [0.25, 0.3) is 0 Å². The van der Waals surface area contributed by atoms with E-state index in [1.165, 1.54) is 0 Å². The van der Waals surface area contributed by atoms with E-state index in [0.29, 0.717) is 37.2 Å². The van der Waals surface area contributed by atoms with Crippen LogP contribution in [0.15, 0.2) is 23.4 Å². The van der Waals surface area contributed by atoms with Gasteiger partial charge in [-0.2, -0.15) is 5.53 Å². The molecular formula is C25H41N3O5. The Kier molecular flexibility index (Phi) is 10.9. The summed E-state index contributed by atoms with van der Waals surface area (Å²) in [5.41, 5.74) is 11.4. The Morgan fingerprint density at radius 3 is 2.52 bits per heavy atom. The zero-order valence-corrected chi connectivity index (χ0v) is 20.9. The van der Waals surface area contributed by atoms with Gasteiger partial charge in [0.15, 0.2) is 11.5 Å². The zero-order valence-electron chi connectivity index (χ0n) is 20.9. The van der Waals surface area contributed by atoms with Gasteiger partial charge in [-0.15, -0.1) is 0 Å². The molecule has 2 N–H and O–H groups in total. The van der Waals surface area contributed by atoms with Crippen molar-refractivity contribution >= 4 is 5.97 Å². The predicted molar refractivity (Wildman–Crippen MR) is 127 cm³/mol. The smallest absolute Gasteiger partial charge is 0.309 e. The van der Waals surface area contributed by atoms with Gasteiger partial charge in [0, 0.05) is 20.1 Å². The van der Waals surface area contributed by atoms with Crippen LogP contribution < -0.4 is 14.9 Å². The lowest BCUT2D eigenvalue weighted by Crippen LogP contribution is -2.39. The van der Waals surface area contributed by atoms with Crippen LogP contribution in [0.1, 0.15) is 52.5 Å². The SMILES string of the molecule is COCCCOc1cc(C[C@@H](C[C@H](NN=N)[C@@H]2C[C@@H](C(C)C)C(=O)O2)C(C)C)ccc1OC. The molecule has 186 valence electrons. The van der Waals surface area contributed by atoms with Crippen molar-refractivity contribution in [1.82, 2.24) is 5.43 Å². The number of hydrogen-bond acceptors (Lipinski definition) is 7. The fourth-order valence-corrected chi connectivity index (χ4v) is 4.36. The summed E-state index contributed by atoms with van der Waals surface area (Å²) in [7, 11) is 3.32. The summed E-state index contributed by atoms with van der Waals surface area (Å²) < 4.78 is 22.2. The summed E-state index contributed by atoms with van der Waals surface area (Å²) in [5, 5.41) is 3.44. The molecule has 33 heavy (non-hydrogen) atoms. The molecule has 1 saturated heterocycles. The third-order valence-corrected chi connectivity index (χ3v) is 6.52. The number of nitrogens with zero attached hydrogens (tertiary/aromatic N) is 1. The van der Waals surface area contributed by atoms with E-state index < -0.39 is 0 Å². The van der Waals surface area contributed by atoms with Gasteiger partial charge in [-0.3, -0.25) is 10.2 Å². The Balaban J connectivity index is 2.12. The van der Waals surface area contributed by atoms with Gasteiger partial charge in [-0.1, -0.05) is 39.0 Å². The van der Waals surface area contributed by atoms with Gasteiger partial charge in [0.2, 0.25) is 0 Å². The topological polar surface area (TPSA) is 102 Å². The molecule has 8 heteroatoms. The van der Waals surface area contributed by atoms with E-state index in [-0.39, 0.29) is 30.0 Å². The highest BCUT2D eigenvalue weighted by Gasteiger charge is 2.41. The Labute approximate surface area is 198 Å². The fourth-order valence-electron chi connectivity index (χ4n) is 4.36. The van der Waals surface area contributed by atoms with E-state index in [1.807, 2.05) is 26.0 Å². The van der Waals surface area contributed by atoms with E-state index in [2.05, 4.69) is 30.6 Å². The minimum absolute atomic E-state index is 0.0954. The van der Waals surface area contributed by atoms with E-state index in [1.54, 1.807) is 14.2 Å². The molecule has 1 fully saturated rings. The van der Waals surface area contributed by atoms with Gasteiger partial charge >= 0.3 is 5.97 Å². The van der Waals surface area contributed by atoms with Crippen molar-refractivity contribution in [3.63, 3.8) is 0 Å². The molecule has 1 aromatic carbocycles. The molecule has 2 rings (SSSR count). The molecule has 8 nitrogen and oxygen atoms in total. The largest absolute Gasteiger partial charge is 0.493 e. The molecule has 0 radical (unpaired) electrons. The molecule has 0 aliphatic carbocycles. The second kappa shape index (κ2) is 13.4. The van der Waals surface area contributed by atoms with Crippen LogP contribution in [0.2, 0.25) is 0 Å². The maximum absolute atomic E-state index is 12.3. The first kappa shape index (κ1) is 26.9. The average molecular weight is 464 g/mol. The number of carbonyl (C=O) groups is 1. The normalized spacial score (nSPS) is 19.9. The van der Waals surface area contributed by atoms with Crippen molar-refractivity contribution in [2.75, 3.05) is 27.4 Å². The summed E-state index contributed by atoms with van der Waals surface area (Å²) in [4.78, 5) is 12.3. The molecule has 0 unspecified atom stereocenters. The molecule has 0 aromatic heterocycles. The van der Waals surface area contributed by atoms with Crippen molar-refractivity contribution in [2.24, 2.45) is 28.9 Å². The number of hydrogen-bond donors (Lipinski definition) is 2. The van der Waals surface area contributed by atoms with Crippen LogP contribution in [0.3, 0.4) is 0 Å². The summed E-state index contributed by atoms with van der Waals surface area (Å²) in [5.74, 6) is 2.14. The molecule has 0 spiro atoms. The van der Waals surface area contributed by atoms with Gasteiger partial charge in [0.1, 0.15) is 6.10 Å². The summed E-state index contributed by atoms with van der Waals surface area (Å²) >= 11 is 0. The van der Waals surface area contributed by atoms with Crippen LogP contribution in [-0.2, 0) is 20.7 Å². The van der Waals surface area contributed by atoms with Crippen molar-refractivity contribution in [2.45, 2.75) is 65.5 Å². The number of methoxy groups -OCH3 is 2. The van der Waals surface area contributed by atoms with Crippen molar-refractivity contribution < 1.29 is 23.7 Å². The Morgan fingerprint density at radius 2 is 1.94 bits per heavy atom. The Bertz CT molecular complexity index is 756. The monoisotopic (exact) mass is 463 g/mol. The fraction of sp³-hybridized carbons (Fsp3) is 0.720. The molecule has 0 amide bonds. The predicted octanol–water partition coefficient (Wildman–Crippen LogP) is 4.81. The highest BCUT2D eigenvalue weighted by Crippen LogP contribution is 2.34. The van der Waals surface area contributed by atoms with Gasteiger partial charge in [0.25, 0.3) is 0 Å². The number of ether oxygens (including phenoxy) is 4. The standard InChI is InChI=1S/C25H41N3O5/c1-16(2)19(14-21(27-28-26)23-15-20(17(3)4)25(29)33-23)12-18-8-9-22(31-6)24(13-18)32-11-7-10-30-5/h8-9,13,16-17,19-21,23H,7,10-12,14-15H2,1-6H3,(H2,26,27)/t19-,20-,21-,23-/m0/s1. The molecule has 1 aliphatic rings. The summed E-state index contributed by atoms with van der Waals surface area (Å²) in [6, 6.07) is 5.87. The van der Waals surface area contributed by atoms with Crippen LogP contribution in [0, 0.1) is 29.2 Å². The first-order valence-electron chi connectivity index (χ1n) is 11.9.